The third kappa shape index (κ3) is 4.09. The van der Waals surface area contributed by atoms with E-state index in [1.54, 1.807) is 23.3 Å². The minimum atomic E-state index is -0.480. The van der Waals surface area contributed by atoms with Gasteiger partial charge in [-0.3, -0.25) is 9.67 Å². The van der Waals surface area contributed by atoms with Crippen molar-refractivity contribution in [2.75, 3.05) is 6.67 Å². The van der Waals surface area contributed by atoms with Gasteiger partial charge in [-0.25, -0.2) is 14.4 Å². The molecule has 0 aliphatic rings. The van der Waals surface area contributed by atoms with E-state index in [2.05, 4.69) is 31.9 Å². The minimum absolute atomic E-state index is 0.202. The van der Waals surface area contributed by atoms with Gasteiger partial charge in [0.25, 0.3) is 0 Å². The van der Waals surface area contributed by atoms with Gasteiger partial charge in [0.2, 0.25) is 0 Å². The van der Waals surface area contributed by atoms with Crippen molar-refractivity contribution in [2.24, 2.45) is 0 Å². The van der Waals surface area contributed by atoms with Gasteiger partial charge in [0.1, 0.15) is 23.8 Å². The zero-order valence-corrected chi connectivity index (χ0v) is 17.1. The number of alkyl halides is 1. The van der Waals surface area contributed by atoms with Crippen LogP contribution in [0.2, 0.25) is 0 Å². The van der Waals surface area contributed by atoms with Gasteiger partial charge >= 0.3 is 0 Å². The lowest BCUT2D eigenvalue weighted by atomic mass is 10.0. The number of para-hydroxylation sites is 1. The molecule has 6 heteroatoms. The summed E-state index contributed by atoms with van der Waals surface area (Å²) < 4.78 is 14.5. The third-order valence-corrected chi connectivity index (χ3v) is 5.02. The Labute approximate surface area is 184 Å². The largest absolute Gasteiger partial charge is 0.269 e. The molecule has 0 aliphatic heterocycles. The fourth-order valence-electron chi connectivity index (χ4n) is 3.45. The van der Waals surface area contributed by atoms with Crippen molar-refractivity contribution in [3.8, 4) is 34.2 Å². The van der Waals surface area contributed by atoms with Crippen molar-refractivity contribution < 1.29 is 4.39 Å². The Kier molecular flexibility index (Phi) is 5.38. The summed E-state index contributed by atoms with van der Waals surface area (Å²) in [7, 11) is 0. The van der Waals surface area contributed by atoms with Gasteiger partial charge in [0.15, 0.2) is 0 Å². The predicted molar refractivity (Wildman–Crippen MR) is 122 cm³/mol. The summed E-state index contributed by atoms with van der Waals surface area (Å²) in [5, 5.41) is 5.65. The van der Waals surface area contributed by atoms with Crippen LogP contribution in [0.15, 0.2) is 85.5 Å². The number of pyridine rings is 3. The quantitative estimate of drug-likeness (QED) is 0.388. The SMILES string of the molecule is FCCn1cc(-c2ccncc2)c(-c2ccc(C#Cc3ccc4ccccc4n3)nc2)n1. The van der Waals surface area contributed by atoms with Crippen molar-refractivity contribution in [3.63, 3.8) is 0 Å². The first-order valence-electron chi connectivity index (χ1n) is 10.2. The van der Waals surface area contributed by atoms with E-state index < -0.39 is 6.67 Å². The fraction of sp³-hybridized carbons (Fsp3) is 0.0769. The summed E-state index contributed by atoms with van der Waals surface area (Å²) in [5.74, 6) is 6.15. The third-order valence-electron chi connectivity index (χ3n) is 5.02. The van der Waals surface area contributed by atoms with E-state index in [9.17, 15) is 4.39 Å². The molecular weight excluding hydrogens is 401 g/mol. The molecule has 0 unspecified atom stereocenters. The molecule has 0 fully saturated rings. The molecule has 0 saturated carbocycles. The van der Waals surface area contributed by atoms with Crippen LogP contribution in [0.4, 0.5) is 4.39 Å². The first-order chi connectivity index (χ1) is 15.8. The van der Waals surface area contributed by atoms with Crippen LogP contribution in [-0.4, -0.2) is 31.4 Å². The maximum atomic E-state index is 12.9. The zero-order chi connectivity index (χ0) is 21.8. The van der Waals surface area contributed by atoms with Crippen molar-refractivity contribution in [1.29, 1.82) is 0 Å². The number of aryl methyl sites for hydroxylation is 1. The van der Waals surface area contributed by atoms with Crippen LogP contribution < -0.4 is 0 Å². The van der Waals surface area contributed by atoms with Gasteiger partial charge in [-0.1, -0.05) is 24.3 Å². The molecular formula is C26H18FN5. The molecule has 0 aliphatic carbocycles. The second-order valence-corrected chi connectivity index (χ2v) is 7.15. The highest BCUT2D eigenvalue weighted by molar-refractivity contribution is 5.80. The first kappa shape index (κ1) is 19.6. The van der Waals surface area contributed by atoms with E-state index in [0.717, 1.165) is 33.3 Å². The van der Waals surface area contributed by atoms with Crippen LogP contribution in [0.3, 0.4) is 0 Å². The molecule has 0 atom stereocenters. The van der Waals surface area contributed by atoms with E-state index in [1.807, 2.05) is 66.9 Å². The Morgan fingerprint density at radius 2 is 1.66 bits per heavy atom. The average molecular weight is 419 g/mol. The summed E-state index contributed by atoms with van der Waals surface area (Å²) >= 11 is 0. The maximum Gasteiger partial charge on any atom is 0.114 e. The highest BCUT2D eigenvalue weighted by Gasteiger charge is 2.13. The first-order valence-corrected chi connectivity index (χ1v) is 10.2. The molecule has 0 amide bonds. The van der Waals surface area contributed by atoms with Gasteiger partial charge in [0, 0.05) is 41.3 Å². The molecule has 5 rings (SSSR count). The molecule has 0 radical (unpaired) electrons. The topological polar surface area (TPSA) is 56.5 Å². The Bertz CT molecular complexity index is 1430. The molecule has 32 heavy (non-hydrogen) atoms. The number of fused-ring (bicyclic) bond motifs is 1. The van der Waals surface area contributed by atoms with Gasteiger partial charge in [0.05, 0.1) is 12.1 Å². The van der Waals surface area contributed by atoms with Crippen LogP contribution in [0.5, 0.6) is 0 Å². The molecule has 0 bridgehead atoms. The molecule has 154 valence electrons. The number of benzene rings is 1. The molecule has 0 saturated heterocycles. The molecule has 0 spiro atoms. The lowest BCUT2D eigenvalue weighted by Crippen LogP contribution is -1.99. The number of nitrogens with zero attached hydrogens (tertiary/aromatic N) is 5. The van der Waals surface area contributed by atoms with Crippen molar-refractivity contribution in [1.82, 2.24) is 24.7 Å². The normalized spacial score (nSPS) is 10.7. The van der Waals surface area contributed by atoms with Crippen LogP contribution in [0, 0.1) is 11.8 Å². The molecule has 4 aromatic heterocycles. The van der Waals surface area contributed by atoms with E-state index in [1.165, 1.54) is 0 Å². The molecule has 1 aromatic carbocycles. The van der Waals surface area contributed by atoms with Gasteiger partial charge < -0.3 is 0 Å². The zero-order valence-electron chi connectivity index (χ0n) is 17.1. The van der Waals surface area contributed by atoms with Crippen molar-refractivity contribution in [2.45, 2.75) is 6.54 Å². The molecule has 0 N–H and O–H groups in total. The lowest BCUT2D eigenvalue weighted by Gasteiger charge is -2.02. The number of hydrogen-bond donors (Lipinski definition) is 0. The average Bonchev–Trinajstić information content (AvgIpc) is 3.28. The summed E-state index contributed by atoms with van der Waals surface area (Å²) in [6.07, 6.45) is 7.04. The number of aromatic nitrogens is 5. The highest BCUT2D eigenvalue weighted by Crippen LogP contribution is 2.30. The molecule has 5 nitrogen and oxygen atoms in total. The number of rotatable bonds is 4. The Hall–Kier alpha value is -4.37. The maximum absolute atomic E-state index is 12.9. The Morgan fingerprint density at radius 3 is 2.47 bits per heavy atom. The van der Waals surface area contributed by atoms with Crippen LogP contribution in [-0.2, 0) is 6.54 Å². The standard InChI is InChI=1S/C26H18FN5/c27-13-16-32-18-24(19-11-14-28-15-12-19)26(31-32)21-6-7-22(29-17-21)9-10-23-8-5-20-3-1-2-4-25(20)30-23/h1-8,11-12,14-15,17-18H,13,16H2. The van der Waals surface area contributed by atoms with E-state index in [-0.39, 0.29) is 6.54 Å². The lowest BCUT2D eigenvalue weighted by molar-refractivity contribution is 0.427. The Balaban J connectivity index is 1.44. The van der Waals surface area contributed by atoms with Gasteiger partial charge in [-0.15, -0.1) is 0 Å². The Morgan fingerprint density at radius 1 is 0.844 bits per heavy atom. The molecule has 5 aromatic rings. The number of hydrogen-bond acceptors (Lipinski definition) is 4. The van der Waals surface area contributed by atoms with E-state index in [4.69, 9.17) is 0 Å². The van der Waals surface area contributed by atoms with Crippen molar-refractivity contribution in [3.05, 3.63) is 96.8 Å². The van der Waals surface area contributed by atoms with Gasteiger partial charge in [-0.2, -0.15) is 5.10 Å². The van der Waals surface area contributed by atoms with E-state index >= 15 is 0 Å². The smallest absolute Gasteiger partial charge is 0.114 e. The second kappa shape index (κ2) is 8.78. The summed E-state index contributed by atoms with van der Waals surface area (Å²) in [5.41, 5.74) is 5.69. The fourth-order valence-corrected chi connectivity index (χ4v) is 3.45. The highest BCUT2D eigenvalue weighted by atomic mass is 19.1. The second-order valence-electron chi connectivity index (χ2n) is 7.15. The molecule has 4 heterocycles. The van der Waals surface area contributed by atoms with Crippen LogP contribution >= 0.6 is 0 Å². The van der Waals surface area contributed by atoms with Crippen LogP contribution in [0.1, 0.15) is 11.4 Å². The van der Waals surface area contributed by atoms with Crippen molar-refractivity contribution >= 4 is 10.9 Å². The summed E-state index contributed by atoms with van der Waals surface area (Å²) in [4.78, 5) is 13.1. The van der Waals surface area contributed by atoms with E-state index in [0.29, 0.717) is 11.4 Å². The minimum Gasteiger partial charge on any atom is -0.269 e. The monoisotopic (exact) mass is 419 g/mol. The van der Waals surface area contributed by atoms with Gasteiger partial charge in [-0.05, 0) is 53.8 Å². The number of halogens is 1. The van der Waals surface area contributed by atoms with Crippen LogP contribution in [0.25, 0.3) is 33.3 Å². The predicted octanol–water partition coefficient (Wildman–Crippen LogP) is 4.92. The summed E-state index contributed by atoms with van der Waals surface area (Å²) in [6, 6.07) is 19.5. The summed E-state index contributed by atoms with van der Waals surface area (Å²) in [6.45, 7) is -0.277.